The van der Waals surface area contributed by atoms with Crippen molar-refractivity contribution in [2.75, 3.05) is 33.3 Å². The van der Waals surface area contributed by atoms with Crippen LogP contribution in [0, 0.1) is 0 Å². The third-order valence-electron chi connectivity index (χ3n) is 5.25. The molecule has 0 N–H and O–H groups in total. The molecular formula is C23H24N2O2. The Kier molecular flexibility index (Phi) is 5.07. The summed E-state index contributed by atoms with van der Waals surface area (Å²) < 4.78 is 5.23. The Hall–Kier alpha value is -2.85. The summed E-state index contributed by atoms with van der Waals surface area (Å²) in [6.07, 6.45) is 0. The van der Waals surface area contributed by atoms with Crippen molar-refractivity contribution in [2.24, 2.45) is 0 Å². The molecule has 4 heteroatoms. The molecule has 1 aliphatic heterocycles. The highest BCUT2D eigenvalue weighted by molar-refractivity contribution is 5.94. The Morgan fingerprint density at radius 1 is 0.926 bits per heavy atom. The van der Waals surface area contributed by atoms with Gasteiger partial charge in [0.2, 0.25) is 0 Å². The number of carbonyl (C=O) groups excluding carboxylic acids is 1. The van der Waals surface area contributed by atoms with E-state index in [1.165, 1.54) is 16.3 Å². The van der Waals surface area contributed by atoms with Crippen LogP contribution < -0.4 is 4.74 Å². The summed E-state index contributed by atoms with van der Waals surface area (Å²) in [7, 11) is 1.62. The summed E-state index contributed by atoms with van der Waals surface area (Å²) in [5, 5.41) is 2.59. The largest absolute Gasteiger partial charge is 0.497 e. The van der Waals surface area contributed by atoms with Gasteiger partial charge in [0.05, 0.1) is 7.11 Å². The van der Waals surface area contributed by atoms with Crippen LogP contribution in [0.1, 0.15) is 15.9 Å². The predicted octanol–water partition coefficient (Wildman–Crippen LogP) is 3.81. The molecule has 4 rings (SSSR count). The highest BCUT2D eigenvalue weighted by Crippen LogP contribution is 2.21. The number of hydrogen-bond donors (Lipinski definition) is 0. The number of methoxy groups -OCH3 is 1. The molecule has 0 atom stereocenters. The van der Waals surface area contributed by atoms with Crippen LogP contribution in [0.25, 0.3) is 10.8 Å². The van der Waals surface area contributed by atoms with E-state index >= 15 is 0 Å². The lowest BCUT2D eigenvalue weighted by Crippen LogP contribution is -2.48. The van der Waals surface area contributed by atoms with Gasteiger partial charge >= 0.3 is 0 Å². The van der Waals surface area contributed by atoms with E-state index in [1.54, 1.807) is 7.11 Å². The van der Waals surface area contributed by atoms with E-state index in [9.17, 15) is 4.79 Å². The molecule has 0 bridgehead atoms. The minimum atomic E-state index is 0.0821. The monoisotopic (exact) mass is 360 g/mol. The molecule has 27 heavy (non-hydrogen) atoms. The molecule has 0 spiro atoms. The number of ether oxygens (including phenoxy) is 1. The highest BCUT2D eigenvalue weighted by atomic mass is 16.5. The number of nitrogens with zero attached hydrogens (tertiary/aromatic N) is 2. The van der Waals surface area contributed by atoms with Crippen molar-refractivity contribution < 1.29 is 9.53 Å². The van der Waals surface area contributed by atoms with E-state index in [-0.39, 0.29) is 5.91 Å². The minimum Gasteiger partial charge on any atom is -0.497 e. The third-order valence-corrected chi connectivity index (χ3v) is 5.25. The number of benzene rings is 3. The van der Waals surface area contributed by atoms with Gasteiger partial charge in [0, 0.05) is 38.3 Å². The number of hydrogen-bond acceptors (Lipinski definition) is 3. The number of piperazine rings is 1. The molecular weight excluding hydrogens is 336 g/mol. The molecule has 1 fully saturated rings. The van der Waals surface area contributed by atoms with Gasteiger partial charge in [-0.1, -0.05) is 48.5 Å². The molecule has 1 amide bonds. The summed E-state index contributed by atoms with van der Waals surface area (Å²) in [6, 6.07) is 22.4. The first-order valence-electron chi connectivity index (χ1n) is 9.37. The van der Waals surface area contributed by atoms with Crippen LogP contribution in [-0.4, -0.2) is 49.0 Å². The summed E-state index contributed by atoms with van der Waals surface area (Å²) in [5.74, 6) is 0.800. The lowest BCUT2D eigenvalue weighted by molar-refractivity contribution is 0.0628. The van der Waals surface area contributed by atoms with Gasteiger partial charge in [0.15, 0.2) is 0 Å². The van der Waals surface area contributed by atoms with E-state index < -0.39 is 0 Å². The second-order valence-corrected chi connectivity index (χ2v) is 6.94. The Labute approximate surface area is 160 Å². The van der Waals surface area contributed by atoms with E-state index in [4.69, 9.17) is 4.74 Å². The fraction of sp³-hybridized carbons (Fsp3) is 0.261. The van der Waals surface area contributed by atoms with Crippen LogP contribution >= 0.6 is 0 Å². The SMILES string of the molecule is COc1cccc(C(=O)N2CCN(Cc3cccc4ccccc34)CC2)c1. The lowest BCUT2D eigenvalue weighted by atomic mass is 10.0. The molecule has 3 aromatic carbocycles. The van der Waals surface area contributed by atoms with Crippen LogP contribution in [-0.2, 0) is 6.54 Å². The smallest absolute Gasteiger partial charge is 0.254 e. The molecule has 0 unspecified atom stereocenters. The van der Waals surface area contributed by atoms with Gasteiger partial charge in [-0.25, -0.2) is 0 Å². The molecule has 1 heterocycles. The average Bonchev–Trinajstić information content (AvgIpc) is 2.74. The van der Waals surface area contributed by atoms with Gasteiger partial charge in [-0.2, -0.15) is 0 Å². The fourth-order valence-corrected chi connectivity index (χ4v) is 3.72. The van der Waals surface area contributed by atoms with Crippen LogP contribution in [0.2, 0.25) is 0 Å². The van der Waals surface area contributed by atoms with Gasteiger partial charge in [-0.05, 0) is 34.5 Å². The van der Waals surface area contributed by atoms with Crippen molar-refractivity contribution in [1.29, 1.82) is 0 Å². The topological polar surface area (TPSA) is 32.8 Å². The maximum Gasteiger partial charge on any atom is 0.254 e. The number of rotatable bonds is 4. The van der Waals surface area contributed by atoms with Crippen molar-refractivity contribution in [1.82, 2.24) is 9.80 Å². The van der Waals surface area contributed by atoms with Gasteiger partial charge in [0.25, 0.3) is 5.91 Å². The molecule has 1 aliphatic rings. The first-order valence-corrected chi connectivity index (χ1v) is 9.37. The normalized spacial score (nSPS) is 15.1. The van der Waals surface area contributed by atoms with E-state index in [0.717, 1.165) is 38.5 Å². The zero-order valence-corrected chi connectivity index (χ0v) is 15.6. The second kappa shape index (κ2) is 7.80. The van der Waals surface area contributed by atoms with Gasteiger partial charge in [0.1, 0.15) is 5.75 Å². The molecule has 0 radical (unpaired) electrons. The van der Waals surface area contributed by atoms with Gasteiger partial charge in [-0.15, -0.1) is 0 Å². The number of carbonyl (C=O) groups is 1. The standard InChI is InChI=1S/C23H24N2O2/c1-27-21-10-5-8-19(16-21)23(26)25-14-12-24(13-15-25)17-20-9-4-7-18-6-2-3-11-22(18)20/h2-11,16H,12-15,17H2,1H3. The lowest BCUT2D eigenvalue weighted by Gasteiger charge is -2.35. The van der Waals surface area contributed by atoms with Crippen molar-refractivity contribution in [2.45, 2.75) is 6.54 Å². The van der Waals surface area contributed by atoms with E-state index in [2.05, 4.69) is 47.4 Å². The Bertz CT molecular complexity index is 941. The summed E-state index contributed by atoms with van der Waals surface area (Å²) in [4.78, 5) is 17.1. The zero-order valence-electron chi connectivity index (χ0n) is 15.6. The first-order chi connectivity index (χ1) is 13.2. The zero-order chi connectivity index (χ0) is 18.6. The van der Waals surface area contributed by atoms with Crippen LogP contribution in [0.4, 0.5) is 0 Å². The Morgan fingerprint density at radius 3 is 2.48 bits per heavy atom. The van der Waals surface area contributed by atoms with E-state index in [0.29, 0.717) is 5.56 Å². The molecule has 0 saturated carbocycles. The molecule has 0 aromatic heterocycles. The Morgan fingerprint density at radius 2 is 1.67 bits per heavy atom. The summed E-state index contributed by atoms with van der Waals surface area (Å²) in [6.45, 7) is 4.20. The van der Waals surface area contributed by atoms with Crippen molar-refractivity contribution in [3.63, 3.8) is 0 Å². The molecule has 138 valence electrons. The molecule has 4 nitrogen and oxygen atoms in total. The second-order valence-electron chi connectivity index (χ2n) is 6.94. The first kappa shape index (κ1) is 17.6. The van der Waals surface area contributed by atoms with Crippen LogP contribution in [0.3, 0.4) is 0 Å². The van der Waals surface area contributed by atoms with E-state index in [1.807, 2.05) is 29.2 Å². The summed E-state index contributed by atoms with van der Waals surface area (Å²) in [5.41, 5.74) is 2.04. The van der Waals surface area contributed by atoms with Gasteiger partial charge in [-0.3, -0.25) is 9.69 Å². The van der Waals surface area contributed by atoms with Crippen LogP contribution in [0.15, 0.2) is 66.7 Å². The maximum absolute atomic E-state index is 12.8. The molecule has 3 aromatic rings. The van der Waals surface area contributed by atoms with Crippen LogP contribution in [0.5, 0.6) is 5.75 Å². The maximum atomic E-state index is 12.8. The number of fused-ring (bicyclic) bond motifs is 1. The quantitative estimate of drug-likeness (QED) is 0.709. The molecule has 1 saturated heterocycles. The van der Waals surface area contributed by atoms with Gasteiger partial charge < -0.3 is 9.64 Å². The highest BCUT2D eigenvalue weighted by Gasteiger charge is 2.22. The van der Waals surface area contributed by atoms with Crippen molar-refractivity contribution >= 4 is 16.7 Å². The molecule has 0 aliphatic carbocycles. The summed E-state index contributed by atoms with van der Waals surface area (Å²) >= 11 is 0. The Balaban J connectivity index is 1.40. The van der Waals surface area contributed by atoms with Crippen molar-refractivity contribution in [3.05, 3.63) is 77.9 Å². The third kappa shape index (κ3) is 3.81. The predicted molar refractivity (Wildman–Crippen MR) is 108 cm³/mol. The average molecular weight is 360 g/mol. The minimum absolute atomic E-state index is 0.0821. The van der Waals surface area contributed by atoms with Crippen molar-refractivity contribution in [3.8, 4) is 5.75 Å². The number of amides is 1. The fourth-order valence-electron chi connectivity index (χ4n) is 3.72.